The van der Waals surface area contributed by atoms with Gasteiger partial charge in [0.25, 0.3) is 5.91 Å². The van der Waals surface area contributed by atoms with Crippen molar-refractivity contribution < 1.29 is 57.7 Å². The van der Waals surface area contributed by atoms with Crippen LogP contribution in [0.4, 0.5) is 4.79 Å². The van der Waals surface area contributed by atoms with Gasteiger partial charge in [-0.15, -0.1) is 22.0 Å². The first-order valence-electron chi connectivity index (χ1n) is 15.8. The minimum absolute atomic E-state index is 0.000928. The average molecular weight is 789 g/mol. The van der Waals surface area contributed by atoms with E-state index in [0.29, 0.717) is 10.5 Å². The number of carbonyl (C=O) groups excluding carboxylic acids is 8. The van der Waals surface area contributed by atoms with E-state index in [-0.39, 0.29) is 59.8 Å². The summed E-state index contributed by atoms with van der Waals surface area (Å²) in [5.41, 5.74) is -2.49. The highest BCUT2D eigenvalue weighted by Crippen LogP contribution is 2.46. The molecular formula is C30H32N10O12S2. The lowest BCUT2D eigenvalue weighted by atomic mass is 9.94. The summed E-state index contributed by atoms with van der Waals surface area (Å²) in [4.78, 5) is 118. The number of carboxylic acids is 1. The van der Waals surface area contributed by atoms with Crippen LogP contribution in [0, 0.1) is 0 Å². The number of urea groups is 1. The first-order valence-corrected chi connectivity index (χ1v) is 17.8. The van der Waals surface area contributed by atoms with Gasteiger partial charge in [-0.2, -0.15) is 0 Å². The van der Waals surface area contributed by atoms with Gasteiger partial charge in [-0.05, 0) is 30.2 Å². The third-order valence-electron chi connectivity index (χ3n) is 8.15. The topological polar surface area (TPSA) is 295 Å². The summed E-state index contributed by atoms with van der Waals surface area (Å²) in [7, 11) is 0. The first kappa shape index (κ1) is 39.0. The lowest BCUT2D eigenvalue weighted by molar-refractivity contribution is -0.163. The number of amides is 7. The number of piperazine rings is 1. The molecule has 1 aromatic heterocycles. The predicted octanol–water partition coefficient (Wildman–Crippen LogP) is -2.11. The minimum Gasteiger partial charge on any atom is -0.477 e. The van der Waals surface area contributed by atoms with Gasteiger partial charge in [-0.1, -0.05) is 17.8 Å². The first-order chi connectivity index (χ1) is 25.6. The molecule has 1 aromatic carbocycles. The zero-order chi connectivity index (χ0) is 39.5. The summed E-state index contributed by atoms with van der Waals surface area (Å²) in [5.74, 6) is -2.25. The van der Waals surface area contributed by atoms with Gasteiger partial charge in [0.1, 0.15) is 23.4 Å². The molecule has 286 valence electrons. The van der Waals surface area contributed by atoms with Crippen molar-refractivity contribution in [3.8, 4) is 11.5 Å². The van der Waals surface area contributed by atoms with Gasteiger partial charge in [0.2, 0.25) is 23.1 Å². The monoisotopic (exact) mass is 788 g/mol. The Labute approximate surface area is 313 Å². The Hall–Kier alpha value is -6.17. The second kappa shape index (κ2) is 15.8. The van der Waals surface area contributed by atoms with Crippen LogP contribution in [0.3, 0.4) is 0 Å². The van der Waals surface area contributed by atoms with Crippen LogP contribution in [-0.2, 0) is 38.4 Å². The number of hydrogen-bond donors (Lipinski definition) is 5. The van der Waals surface area contributed by atoms with Gasteiger partial charge < -0.3 is 41.3 Å². The van der Waals surface area contributed by atoms with E-state index in [1.165, 1.54) is 17.3 Å². The molecule has 0 bridgehead atoms. The van der Waals surface area contributed by atoms with E-state index >= 15 is 0 Å². The Morgan fingerprint density at radius 3 is 2.43 bits per heavy atom. The highest BCUT2D eigenvalue weighted by atomic mass is 32.2. The van der Waals surface area contributed by atoms with E-state index < -0.39 is 70.3 Å². The fraction of sp³-hybridized carbons (Fsp3) is 0.367. The molecule has 7 amide bonds. The summed E-state index contributed by atoms with van der Waals surface area (Å²) in [6.45, 7) is 3.74. The summed E-state index contributed by atoms with van der Waals surface area (Å²) in [6, 6.07) is 0.396. The number of hydrogen-bond acceptors (Lipinski definition) is 16. The molecule has 2 fully saturated rings. The number of fused-ring (bicyclic) bond motifs is 1. The number of nitrogens with zero attached hydrogens (tertiary/aromatic N) is 6. The maximum Gasteiger partial charge on any atom is 0.352 e. The van der Waals surface area contributed by atoms with E-state index in [0.717, 1.165) is 59.1 Å². The summed E-state index contributed by atoms with van der Waals surface area (Å²) in [6.07, 6.45) is 1.36. The summed E-state index contributed by atoms with van der Waals surface area (Å²) >= 11 is 2.07. The number of β-lactam (4-membered cyclic amide) rings is 1. The SMILES string of the molecule is CCN1CCN(C(=O)NC(C(=O)N[C@]2(NC=O)C(=O)N3C(C(=O)O)=C(CSc4nncn4N)CS[C@H]32)c2ccc(OC(C)=O)c(OC(C)=O)c2)C(=O)C1=O. The van der Waals surface area contributed by atoms with Gasteiger partial charge in [0.15, 0.2) is 11.5 Å². The lowest BCUT2D eigenvalue weighted by Gasteiger charge is -2.56. The fourth-order valence-corrected chi connectivity index (χ4v) is 8.11. The number of aromatic nitrogens is 3. The Balaban J connectivity index is 1.49. The molecule has 0 spiro atoms. The van der Waals surface area contributed by atoms with Gasteiger partial charge >= 0.3 is 35.8 Å². The van der Waals surface area contributed by atoms with Crippen LogP contribution in [0.2, 0.25) is 0 Å². The van der Waals surface area contributed by atoms with E-state index in [1.54, 1.807) is 6.92 Å². The number of nitrogens with two attached hydrogens (primary N) is 1. The van der Waals surface area contributed by atoms with Crippen molar-refractivity contribution >= 4 is 77.5 Å². The average Bonchev–Trinajstić information content (AvgIpc) is 3.54. The minimum atomic E-state index is -2.25. The maximum absolute atomic E-state index is 14.3. The number of thioether (sulfide) groups is 2. The van der Waals surface area contributed by atoms with Crippen LogP contribution in [-0.4, -0.2) is 131 Å². The van der Waals surface area contributed by atoms with Crippen molar-refractivity contribution in [2.24, 2.45) is 0 Å². The molecule has 4 heterocycles. The van der Waals surface area contributed by atoms with E-state index in [2.05, 4.69) is 26.1 Å². The predicted molar refractivity (Wildman–Crippen MR) is 183 cm³/mol. The molecule has 3 atom stereocenters. The van der Waals surface area contributed by atoms with Gasteiger partial charge in [-0.3, -0.25) is 43.4 Å². The smallest absolute Gasteiger partial charge is 0.352 e. The maximum atomic E-state index is 14.3. The van der Waals surface area contributed by atoms with E-state index in [9.17, 15) is 48.3 Å². The molecule has 5 rings (SSSR count). The van der Waals surface area contributed by atoms with Crippen molar-refractivity contribution in [1.82, 2.24) is 45.5 Å². The van der Waals surface area contributed by atoms with Gasteiger partial charge in [-0.25, -0.2) is 14.3 Å². The number of carboxylic acid groups (broad SMARTS) is 1. The normalized spacial score (nSPS) is 20.0. The van der Waals surface area contributed by atoms with E-state index in [4.69, 9.17) is 15.3 Å². The van der Waals surface area contributed by atoms with Crippen LogP contribution >= 0.6 is 23.5 Å². The Kier molecular flexibility index (Phi) is 11.4. The second-order valence-electron chi connectivity index (χ2n) is 11.6. The van der Waals surface area contributed by atoms with Crippen LogP contribution in [0.1, 0.15) is 32.4 Å². The third-order valence-corrected chi connectivity index (χ3v) is 10.6. The van der Waals surface area contributed by atoms with Crippen molar-refractivity contribution in [3.05, 3.63) is 41.4 Å². The number of likely N-dealkylation sites (N-methyl/N-ethyl adjacent to an activating group) is 1. The van der Waals surface area contributed by atoms with E-state index in [1.807, 2.05) is 0 Å². The van der Waals surface area contributed by atoms with Crippen molar-refractivity contribution in [2.75, 3.05) is 37.0 Å². The van der Waals surface area contributed by atoms with Crippen molar-refractivity contribution in [2.45, 2.75) is 43.0 Å². The zero-order valence-corrected chi connectivity index (χ0v) is 30.2. The standard InChI is InChI=1S/C30H32N10O12S2/c1-4-37-7-8-38(24(46)23(37)45)28(50)34-20(16-5-6-18(51-14(2)42)19(9-16)52-15(3)43)22(44)35-30(32-13-41)26(49)40-21(25(47)48)17(10-53-27(30)40)11-54-29-36-33-12-39(29)31/h5-6,9,12-13,20,27H,4,7-8,10-11,31H2,1-3H3,(H,32,41)(H,34,50)(H,35,44)(H,47,48)/t20?,27-,30+/m0/s1. The molecule has 3 aliphatic rings. The highest BCUT2D eigenvalue weighted by Gasteiger charge is 2.66. The molecule has 2 saturated heterocycles. The lowest BCUT2D eigenvalue weighted by Crippen LogP contribution is -2.85. The number of imide groups is 1. The number of rotatable bonds is 13. The van der Waals surface area contributed by atoms with Gasteiger partial charge in [0, 0.05) is 45.0 Å². The molecule has 0 saturated carbocycles. The molecule has 0 radical (unpaired) electrons. The number of nitrogen functional groups attached to an aromatic ring is 1. The number of esters is 2. The third kappa shape index (κ3) is 7.50. The Morgan fingerprint density at radius 2 is 1.81 bits per heavy atom. The van der Waals surface area contributed by atoms with Gasteiger partial charge in [0.05, 0.1) is 0 Å². The van der Waals surface area contributed by atoms with Crippen LogP contribution in [0.25, 0.3) is 0 Å². The molecule has 2 aromatic rings. The number of nitrogens with one attached hydrogen (secondary N) is 3. The zero-order valence-electron chi connectivity index (χ0n) is 28.6. The molecule has 6 N–H and O–H groups in total. The summed E-state index contributed by atoms with van der Waals surface area (Å²) in [5, 5.41) is 23.8. The van der Waals surface area contributed by atoms with Crippen LogP contribution < -0.4 is 31.3 Å². The molecule has 22 nitrogen and oxygen atoms in total. The summed E-state index contributed by atoms with van der Waals surface area (Å²) < 4.78 is 11.4. The number of benzene rings is 1. The Bertz CT molecular complexity index is 1990. The molecule has 3 aliphatic heterocycles. The highest BCUT2D eigenvalue weighted by molar-refractivity contribution is 8.01. The van der Waals surface area contributed by atoms with Crippen LogP contribution in [0.15, 0.2) is 41.0 Å². The fourth-order valence-electron chi connectivity index (χ4n) is 5.71. The van der Waals surface area contributed by atoms with Crippen molar-refractivity contribution in [3.63, 3.8) is 0 Å². The molecule has 54 heavy (non-hydrogen) atoms. The van der Waals surface area contributed by atoms with Crippen LogP contribution in [0.5, 0.6) is 11.5 Å². The van der Waals surface area contributed by atoms with Crippen molar-refractivity contribution in [1.29, 1.82) is 0 Å². The number of carbonyl (C=O) groups is 9. The second-order valence-corrected chi connectivity index (χ2v) is 13.6. The number of aliphatic carboxylic acids is 1. The molecular weight excluding hydrogens is 757 g/mol. The Morgan fingerprint density at radius 1 is 1.11 bits per heavy atom. The largest absolute Gasteiger partial charge is 0.477 e. The number of ether oxygens (including phenoxy) is 2. The molecule has 24 heteroatoms. The molecule has 0 aliphatic carbocycles. The molecule has 1 unspecified atom stereocenters. The quantitative estimate of drug-likeness (QED) is 0.0212.